The molecule has 0 aliphatic rings. The van der Waals surface area contributed by atoms with Gasteiger partial charge >= 0.3 is 5.69 Å². The Balaban J connectivity index is 2.54. The highest BCUT2D eigenvalue weighted by molar-refractivity contribution is 9.10. The first-order valence-electron chi connectivity index (χ1n) is 4.08. The highest BCUT2D eigenvalue weighted by Crippen LogP contribution is 2.13. The fourth-order valence-electron chi connectivity index (χ4n) is 1.24. The predicted octanol–water partition coefficient (Wildman–Crippen LogP) is 1.63. The van der Waals surface area contributed by atoms with E-state index in [1.165, 1.54) is 0 Å². The summed E-state index contributed by atoms with van der Waals surface area (Å²) < 4.78 is 2.65. The second kappa shape index (κ2) is 3.42. The van der Waals surface area contributed by atoms with Crippen LogP contribution in [0.25, 0.3) is 5.69 Å². The summed E-state index contributed by atoms with van der Waals surface area (Å²) in [6.45, 7) is 1.78. The van der Waals surface area contributed by atoms with Crippen molar-refractivity contribution in [3.05, 3.63) is 45.0 Å². The minimum absolute atomic E-state index is 0.328. The lowest BCUT2D eigenvalue weighted by atomic mass is 10.3. The maximum atomic E-state index is 11.0. The zero-order chi connectivity index (χ0) is 10.1. The number of aryl methyl sites for hydroxylation is 1. The first kappa shape index (κ1) is 9.21. The Morgan fingerprint density at radius 2 is 2.00 bits per heavy atom. The van der Waals surface area contributed by atoms with E-state index in [4.69, 9.17) is 0 Å². The molecule has 5 heteroatoms. The number of nitrogens with one attached hydrogen (secondary N) is 1. The molecule has 1 N–H and O–H groups in total. The Hall–Kier alpha value is -1.36. The molecule has 0 atom stereocenters. The molecule has 2 rings (SSSR count). The number of hydrogen-bond donors (Lipinski definition) is 1. The molecular formula is C9H8BrN3O. The second-order valence-corrected chi connectivity index (χ2v) is 3.80. The summed E-state index contributed by atoms with van der Waals surface area (Å²) >= 11 is 3.34. The molecule has 0 unspecified atom stereocenters. The number of hydrogen-bond acceptors (Lipinski definition) is 2. The van der Waals surface area contributed by atoms with Crippen LogP contribution in [0.1, 0.15) is 5.82 Å². The molecule has 0 bridgehead atoms. The van der Waals surface area contributed by atoms with Crippen LogP contribution in [-0.4, -0.2) is 14.8 Å². The fourth-order valence-corrected chi connectivity index (χ4v) is 1.50. The third kappa shape index (κ3) is 1.63. The molecule has 4 nitrogen and oxygen atoms in total. The summed E-state index contributed by atoms with van der Waals surface area (Å²) in [6, 6.07) is 7.61. The minimum atomic E-state index is -0.328. The SMILES string of the molecule is Cc1nc(=O)[nH]n1-c1ccc(Br)cc1. The highest BCUT2D eigenvalue weighted by atomic mass is 79.9. The van der Waals surface area contributed by atoms with Crippen molar-refractivity contribution in [3.63, 3.8) is 0 Å². The van der Waals surface area contributed by atoms with Gasteiger partial charge in [-0.1, -0.05) is 15.9 Å². The summed E-state index contributed by atoms with van der Waals surface area (Å²) in [5.41, 5.74) is 0.561. The van der Waals surface area contributed by atoms with Gasteiger partial charge in [0.2, 0.25) is 0 Å². The Morgan fingerprint density at radius 1 is 1.36 bits per heavy atom. The lowest BCUT2D eigenvalue weighted by Crippen LogP contribution is -2.05. The number of nitrogens with zero attached hydrogens (tertiary/aromatic N) is 2. The van der Waals surface area contributed by atoms with Gasteiger partial charge in [0.25, 0.3) is 0 Å². The van der Waals surface area contributed by atoms with Crippen molar-refractivity contribution in [2.45, 2.75) is 6.92 Å². The molecule has 0 aliphatic carbocycles. The van der Waals surface area contributed by atoms with Gasteiger partial charge in [-0.3, -0.25) is 0 Å². The number of H-pyrrole nitrogens is 1. The monoisotopic (exact) mass is 253 g/mol. The minimum Gasteiger partial charge on any atom is -0.244 e. The largest absolute Gasteiger partial charge is 0.361 e. The van der Waals surface area contributed by atoms with Crippen LogP contribution >= 0.6 is 15.9 Å². The highest BCUT2D eigenvalue weighted by Gasteiger charge is 2.02. The van der Waals surface area contributed by atoms with Crippen LogP contribution in [0.2, 0.25) is 0 Å². The van der Waals surface area contributed by atoms with E-state index in [0.717, 1.165) is 10.2 Å². The molecule has 1 aromatic heterocycles. The van der Waals surface area contributed by atoms with Crippen molar-refractivity contribution in [1.82, 2.24) is 14.8 Å². The maximum Gasteiger partial charge on any atom is 0.361 e. The predicted molar refractivity (Wildman–Crippen MR) is 56.6 cm³/mol. The molecule has 0 spiro atoms. The van der Waals surface area contributed by atoms with Gasteiger partial charge in [-0.05, 0) is 31.2 Å². The van der Waals surface area contributed by atoms with Crippen molar-refractivity contribution < 1.29 is 0 Å². The van der Waals surface area contributed by atoms with Crippen LogP contribution in [0.4, 0.5) is 0 Å². The van der Waals surface area contributed by atoms with E-state index < -0.39 is 0 Å². The Kier molecular flexibility index (Phi) is 2.25. The summed E-state index contributed by atoms with van der Waals surface area (Å²) in [7, 11) is 0. The quantitative estimate of drug-likeness (QED) is 0.840. The van der Waals surface area contributed by atoms with Crippen molar-refractivity contribution in [2.75, 3.05) is 0 Å². The number of benzene rings is 1. The van der Waals surface area contributed by atoms with E-state index >= 15 is 0 Å². The van der Waals surface area contributed by atoms with Gasteiger partial charge in [-0.25, -0.2) is 14.6 Å². The third-order valence-corrected chi connectivity index (χ3v) is 2.41. The molecule has 0 aliphatic heterocycles. The molecule has 1 aromatic carbocycles. The van der Waals surface area contributed by atoms with Gasteiger partial charge in [0, 0.05) is 4.47 Å². The Morgan fingerprint density at radius 3 is 2.50 bits per heavy atom. The molecule has 0 amide bonds. The number of rotatable bonds is 1. The van der Waals surface area contributed by atoms with Gasteiger partial charge in [0.15, 0.2) is 0 Å². The lowest BCUT2D eigenvalue weighted by Gasteiger charge is -2.02. The lowest BCUT2D eigenvalue weighted by molar-refractivity contribution is 0.831. The topological polar surface area (TPSA) is 50.7 Å². The van der Waals surface area contributed by atoms with Gasteiger partial charge < -0.3 is 0 Å². The van der Waals surface area contributed by atoms with E-state index in [0.29, 0.717) is 5.82 Å². The van der Waals surface area contributed by atoms with Crippen molar-refractivity contribution in [3.8, 4) is 5.69 Å². The number of aromatic nitrogens is 3. The van der Waals surface area contributed by atoms with Crippen LogP contribution in [-0.2, 0) is 0 Å². The molecule has 0 saturated heterocycles. The summed E-state index contributed by atoms with van der Waals surface area (Å²) in [4.78, 5) is 14.7. The first-order valence-corrected chi connectivity index (χ1v) is 4.88. The van der Waals surface area contributed by atoms with Crippen molar-refractivity contribution >= 4 is 15.9 Å². The molecule has 1 heterocycles. The van der Waals surface area contributed by atoms with Crippen LogP contribution in [0, 0.1) is 6.92 Å². The molecule has 0 radical (unpaired) electrons. The van der Waals surface area contributed by atoms with E-state index in [2.05, 4.69) is 26.0 Å². The third-order valence-electron chi connectivity index (χ3n) is 1.88. The maximum absolute atomic E-state index is 11.0. The summed E-state index contributed by atoms with van der Waals surface area (Å²) in [6.07, 6.45) is 0. The second-order valence-electron chi connectivity index (χ2n) is 2.89. The van der Waals surface area contributed by atoms with Gasteiger partial charge in [0.05, 0.1) is 5.69 Å². The summed E-state index contributed by atoms with van der Waals surface area (Å²) in [5, 5.41) is 2.61. The van der Waals surface area contributed by atoms with Crippen LogP contribution in [0.5, 0.6) is 0 Å². The Labute approximate surface area is 88.7 Å². The first-order chi connectivity index (χ1) is 6.66. The average molecular weight is 254 g/mol. The molecule has 0 saturated carbocycles. The van der Waals surface area contributed by atoms with E-state index in [1.807, 2.05) is 24.3 Å². The van der Waals surface area contributed by atoms with E-state index in [9.17, 15) is 4.79 Å². The average Bonchev–Trinajstić information content (AvgIpc) is 2.47. The van der Waals surface area contributed by atoms with Gasteiger partial charge in [-0.2, -0.15) is 4.98 Å². The standard InChI is InChI=1S/C9H8BrN3O/c1-6-11-9(14)12-13(6)8-4-2-7(10)3-5-8/h2-5H,1H3,(H,12,14). The molecule has 0 fully saturated rings. The molecular weight excluding hydrogens is 246 g/mol. The molecule has 72 valence electrons. The number of aromatic amines is 1. The van der Waals surface area contributed by atoms with E-state index in [-0.39, 0.29) is 5.69 Å². The van der Waals surface area contributed by atoms with Crippen LogP contribution in [0.15, 0.2) is 33.5 Å². The molecule has 14 heavy (non-hydrogen) atoms. The van der Waals surface area contributed by atoms with E-state index in [1.54, 1.807) is 11.6 Å². The molecule has 2 aromatic rings. The van der Waals surface area contributed by atoms with Crippen LogP contribution < -0.4 is 5.69 Å². The van der Waals surface area contributed by atoms with Crippen molar-refractivity contribution in [2.24, 2.45) is 0 Å². The zero-order valence-corrected chi connectivity index (χ0v) is 9.08. The number of halogens is 1. The fraction of sp³-hybridized carbons (Fsp3) is 0.111. The zero-order valence-electron chi connectivity index (χ0n) is 7.49. The van der Waals surface area contributed by atoms with Crippen LogP contribution in [0.3, 0.4) is 0 Å². The summed E-state index contributed by atoms with van der Waals surface area (Å²) in [5.74, 6) is 0.650. The van der Waals surface area contributed by atoms with Gasteiger partial charge in [0.1, 0.15) is 5.82 Å². The normalized spacial score (nSPS) is 10.4. The van der Waals surface area contributed by atoms with Crippen molar-refractivity contribution in [1.29, 1.82) is 0 Å². The van der Waals surface area contributed by atoms with Gasteiger partial charge in [-0.15, -0.1) is 0 Å². The smallest absolute Gasteiger partial charge is 0.244 e. The Bertz CT molecular complexity index is 498.